The first kappa shape index (κ1) is 8.25. The molecule has 0 atom stereocenters. The second-order valence-electron chi connectivity index (χ2n) is 2.36. The Morgan fingerprint density at radius 3 is 2.85 bits per heavy atom. The van der Waals surface area contributed by atoms with Crippen LogP contribution in [0.5, 0.6) is 0 Å². The Morgan fingerprint density at radius 2 is 2.23 bits per heavy atom. The summed E-state index contributed by atoms with van der Waals surface area (Å²) in [5.41, 5.74) is 0. The van der Waals surface area contributed by atoms with Crippen molar-refractivity contribution >= 4 is 11.8 Å². The zero-order valence-electron chi connectivity index (χ0n) is 6.97. The van der Waals surface area contributed by atoms with Crippen molar-refractivity contribution in [2.45, 2.75) is 17.2 Å². The SMILES string of the molecule is Cc1nnc(Sc2ccccn2)o1. The number of hydrogen-bond donors (Lipinski definition) is 0. The van der Waals surface area contributed by atoms with E-state index in [1.807, 2.05) is 18.2 Å². The van der Waals surface area contributed by atoms with E-state index in [0.717, 1.165) is 5.03 Å². The highest BCUT2D eigenvalue weighted by Crippen LogP contribution is 2.23. The topological polar surface area (TPSA) is 51.8 Å². The molecule has 4 nitrogen and oxygen atoms in total. The largest absolute Gasteiger partial charge is 0.416 e. The Hall–Kier alpha value is -1.36. The molecule has 0 unspecified atom stereocenters. The van der Waals surface area contributed by atoms with Crippen molar-refractivity contribution in [3.05, 3.63) is 30.3 Å². The van der Waals surface area contributed by atoms with Gasteiger partial charge in [-0.05, 0) is 23.9 Å². The van der Waals surface area contributed by atoms with Crippen LogP contribution in [0.3, 0.4) is 0 Å². The lowest BCUT2D eigenvalue weighted by Crippen LogP contribution is -1.77. The molecule has 0 spiro atoms. The smallest absolute Gasteiger partial charge is 0.282 e. The molecule has 0 aliphatic rings. The van der Waals surface area contributed by atoms with Gasteiger partial charge in [0.05, 0.1) is 0 Å². The van der Waals surface area contributed by atoms with Crippen LogP contribution in [-0.2, 0) is 0 Å². The Morgan fingerprint density at radius 1 is 1.31 bits per heavy atom. The summed E-state index contributed by atoms with van der Waals surface area (Å²) < 4.78 is 5.19. The molecule has 0 N–H and O–H groups in total. The maximum atomic E-state index is 5.19. The maximum Gasteiger partial charge on any atom is 0.282 e. The summed E-state index contributed by atoms with van der Waals surface area (Å²) in [5, 5.41) is 8.94. The second-order valence-corrected chi connectivity index (χ2v) is 3.33. The number of hydrogen-bond acceptors (Lipinski definition) is 5. The van der Waals surface area contributed by atoms with Gasteiger partial charge in [-0.15, -0.1) is 10.2 Å². The van der Waals surface area contributed by atoms with Crippen LogP contribution < -0.4 is 0 Å². The van der Waals surface area contributed by atoms with E-state index in [9.17, 15) is 0 Å². The fraction of sp³-hybridized carbons (Fsp3) is 0.125. The first-order valence-corrected chi connectivity index (χ1v) is 4.55. The fourth-order valence-corrected chi connectivity index (χ4v) is 1.50. The maximum absolute atomic E-state index is 5.19. The summed E-state index contributed by atoms with van der Waals surface area (Å²) >= 11 is 1.36. The molecule has 0 fully saturated rings. The molecule has 0 bridgehead atoms. The summed E-state index contributed by atoms with van der Waals surface area (Å²) in [5.74, 6) is 0.568. The van der Waals surface area contributed by atoms with Crippen LogP contribution in [0.1, 0.15) is 5.89 Å². The molecule has 0 amide bonds. The van der Waals surface area contributed by atoms with E-state index in [4.69, 9.17) is 4.42 Å². The number of aryl methyl sites for hydroxylation is 1. The number of rotatable bonds is 2. The van der Waals surface area contributed by atoms with Gasteiger partial charge in [-0.1, -0.05) is 6.07 Å². The molecule has 0 aliphatic heterocycles. The van der Waals surface area contributed by atoms with Crippen LogP contribution >= 0.6 is 11.8 Å². The quantitative estimate of drug-likeness (QED) is 0.729. The van der Waals surface area contributed by atoms with Gasteiger partial charge in [0, 0.05) is 13.1 Å². The molecule has 0 saturated heterocycles. The van der Waals surface area contributed by atoms with Gasteiger partial charge in [0.1, 0.15) is 5.03 Å². The molecule has 2 rings (SSSR count). The van der Waals surface area contributed by atoms with E-state index in [1.165, 1.54) is 11.8 Å². The molecular weight excluding hydrogens is 186 g/mol. The van der Waals surface area contributed by atoms with Gasteiger partial charge in [-0.25, -0.2) is 4.98 Å². The van der Waals surface area contributed by atoms with Crippen LogP contribution in [0, 0.1) is 6.92 Å². The van der Waals surface area contributed by atoms with Crippen LogP contribution in [-0.4, -0.2) is 15.2 Å². The van der Waals surface area contributed by atoms with E-state index in [2.05, 4.69) is 15.2 Å². The summed E-state index contributed by atoms with van der Waals surface area (Å²) in [6.07, 6.45) is 1.73. The van der Waals surface area contributed by atoms with Crippen molar-refractivity contribution in [2.75, 3.05) is 0 Å². The highest BCUT2D eigenvalue weighted by molar-refractivity contribution is 7.99. The Kier molecular flexibility index (Phi) is 2.27. The highest BCUT2D eigenvalue weighted by Gasteiger charge is 2.04. The molecule has 0 saturated carbocycles. The molecule has 13 heavy (non-hydrogen) atoms. The molecule has 0 radical (unpaired) electrons. The van der Waals surface area contributed by atoms with Gasteiger partial charge in [-0.3, -0.25) is 0 Å². The fourth-order valence-electron chi connectivity index (χ4n) is 0.817. The first-order chi connectivity index (χ1) is 6.34. The lowest BCUT2D eigenvalue weighted by atomic mass is 10.5. The summed E-state index contributed by atoms with van der Waals surface area (Å²) in [6.45, 7) is 1.76. The monoisotopic (exact) mass is 193 g/mol. The Labute approximate surface area is 79.4 Å². The number of pyridine rings is 1. The average Bonchev–Trinajstić information content (AvgIpc) is 2.53. The normalized spacial score (nSPS) is 10.2. The van der Waals surface area contributed by atoms with E-state index < -0.39 is 0 Å². The van der Waals surface area contributed by atoms with E-state index in [-0.39, 0.29) is 0 Å². The van der Waals surface area contributed by atoms with Gasteiger partial charge < -0.3 is 4.42 Å². The minimum atomic E-state index is 0.524. The van der Waals surface area contributed by atoms with Crippen molar-refractivity contribution in [1.29, 1.82) is 0 Å². The zero-order chi connectivity index (χ0) is 9.10. The van der Waals surface area contributed by atoms with Gasteiger partial charge in [0.2, 0.25) is 5.89 Å². The Balaban J connectivity index is 2.15. The molecule has 66 valence electrons. The molecule has 5 heteroatoms. The van der Waals surface area contributed by atoms with Crippen molar-refractivity contribution in [3.63, 3.8) is 0 Å². The zero-order valence-corrected chi connectivity index (χ0v) is 7.78. The van der Waals surface area contributed by atoms with Gasteiger partial charge in [0.15, 0.2) is 0 Å². The summed E-state index contributed by atoms with van der Waals surface area (Å²) in [7, 11) is 0. The minimum Gasteiger partial charge on any atom is -0.416 e. The van der Waals surface area contributed by atoms with Crippen molar-refractivity contribution in [3.8, 4) is 0 Å². The van der Waals surface area contributed by atoms with Crippen molar-refractivity contribution < 1.29 is 4.42 Å². The Bertz CT molecular complexity index is 387. The molecule has 0 aromatic carbocycles. The lowest BCUT2D eigenvalue weighted by molar-refractivity contribution is 0.429. The third-order valence-electron chi connectivity index (χ3n) is 1.34. The van der Waals surface area contributed by atoms with E-state index in [0.29, 0.717) is 11.1 Å². The number of nitrogens with zero attached hydrogens (tertiary/aromatic N) is 3. The van der Waals surface area contributed by atoms with Crippen LogP contribution in [0.15, 0.2) is 39.1 Å². The van der Waals surface area contributed by atoms with Crippen LogP contribution in [0.25, 0.3) is 0 Å². The second kappa shape index (κ2) is 3.57. The molecule has 2 aromatic rings. The third kappa shape index (κ3) is 2.06. The minimum absolute atomic E-state index is 0.524. The van der Waals surface area contributed by atoms with Gasteiger partial charge in [-0.2, -0.15) is 0 Å². The van der Waals surface area contributed by atoms with Crippen LogP contribution in [0.4, 0.5) is 0 Å². The average molecular weight is 193 g/mol. The van der Waals surface area contributed by atoms with Gasteiger partial charge >= 0.3 is 0 Å². The van der Waals surface area contributed by atoms with Crippen LogP contribution in [0.2, 0.25) is 0 Å². The molecular formula is C8H7N3OS. The van der Waals surface area contributed by atoms with E-state index >= 15 is 0 Å². The standard InChI is InChI=1S/C8H7N3OS/c1-6-10-11-8(12-6)13-7-4-2-3-5-9-7/h2-5H,1H3. The molecule has 2 heterocycles. The van der Waals surface area contributed by atoms with E-state index in [1.54, 1.807) is 13.1 Å². The van der Waals surface area contributed by atoms with Crippen molar-refractivity contribution in [2.24, 2.45) is 0 Å². The summed E-state index contributed by atoms with van der Waals surface area (Å²) in [6, 6.07) is 5.67. The lowest BCUT2D eigenvalue weighted by Gasteiger charge is -1.92. The predicted octanol–water partition coefficient (Wildman–Crippen LogP) is 1.92. The predicted molar refractivity (Wildman–Crippen MR) is 47.4 cm³/mol. The molecule has 2 aromatic heterocycles. The summed E-state index contributed by atoms with van der Waals surface area (Å²) in [4.78, 5) is 4.12. The first-order valence-electron chi connectivity index (χ1n) is 3.73. The van der Waals surface area contributed by atoms with Gasteiger partial charge in [0.25, 0.3) is 5.22 Å². The third-order valence-corrected chi connectivity index (χ3v) is 2.13. The van der Waals surface area contributed by atoms with Crippen molar-refractivity contribution in [1.82, 2.24) is 15.2 Å². The number of aromatic nitrogens is 3. The molecule has 0 aliphatic carbocycles. The highest BCUT2D eigenvalue weighted by atomic mass is 32.2.